The molecule has 0 bridgehead atoms. The Morgan fingerprint density at radius 3 is 2.45 bits per heavy atom. The van der Waals surface area contributed by atoms with Gasteiger partial charge in [0.25, 0.3) is 0 Å². The summed E-state index contributed by atoms with van der Waals surface area (Å²) in [4.78, 5) is 23.3. The summed E-state index contributed by atoms with van der Waals surface area (Å²) >= 11 is 0. The Morgan fingerprint density at radius 2 is 1.77 bits per heavy atom. The molecule has 2 aromatic rings. The minimum atomic E-state index is -1.31. The minimum Gasteiger partial charge on any atom is -0.449 e. The molecule has 1 atom stereocenters. The Labute approximate surface area is 183 Å². The molecule has 1 fully saturated rings. The molecule has 6 heteroatoms. The maximum Gasteiger partial charge on any atom is 0.511 e. The Morgan fingerprint density at radius 1 is 1.06 bits per heavy atom. The first-order chi connectivity index (χ1) is 14.8. The van der Waals surface area contributed by atoms with Crippen LogP contribution in [0.2, 0.25) is 0 Å². The van der Waals surface area contributed by atoms with Gasteiger partial charge in [-0.2, -0.15) is 0 Å². The number of rotatable bonds is 4. The quantitative estimate of drug-likeness (QED) is 0.416. The first-order valence-corrected chi connectivity index (χ1v) is 11.0. The summed E-state index contributed by atoms with van der Waals surface area (Å²) in [7, 11) is 0. The lowest BCUT2D eigenvalue weighted by Gasteiger charge is -2.41. The average molecular weight is 423 g/mol. The summed E-state index contributed by atoms with van der Waals surface area (Å²) < 4.78 is 4.80. The van der Waals surface area contributed by atoms with Crippen molar-refractivity contribution in [3.05, 3.63) is 53.6 Å². The lowest BCUT2D eigenvalue weighted by molar-refractivity contribution is -0.120. The number of carbonyl (C=O) groups excluding carboxylic acids is 1. The molecule has 6 nitrogen and oxygen atoms in total. The van der Waals surface area contributed by atoms with Crippen molar-refractivity contribution >= 4 is 23.4 Å². The Kier molecular flexibility index (Phi) is 5.90. The number of benzene rings is 2. The largest absolute Gasteiger partial charge is 0.511 e. The molecular weight excluding hydrogens is 392 g/mol. The summed E-state index contributed by atoms with van der Waals surface area (Å²) in [5.74, 6) is 0.608. The van der Waals surface area contributed by atoms with E-state index in [4.69, 9.17) is 9.84 Å². The van der Waals surface area contributed by atoms with Crippen LogP contribution in [0.4, 0.5) is 16.2 Å². The van der Waals surface area contributed by atoms with Crippen LogP contribution >= 0.6 is 0 Å². The van der Waals surface area contributed by atoms with Gasteiger partial charge in [0.15, 0.2) is 0 Å². The number of ether oxygens (including phenoxy) is 1. The molecule has 164 valence electrons. The van der Waals surface area contributed by atoms with Gasteiger partial charge in [0, 0.05) is 17.3 Å². The third kappa shape index (κ3) is 4.84. The second-order valence-corrected chi connectivity index (χ2v) is 9.38. The maximum absolute atomic E-state index is 12.5. The smallest absolute Gasteiger partial charge is 0.449 e. The molecule has 0 aromatic heterocycles. The van der Waals surface area contributed by atoms with Crippen LogP contribution in [-0.2, 0) is 11.2 Å². The van der Waals surface area contributed by atoms with E-state index < -0.39 is 6.16 Å². The van der Waals surface area contributed by atoms with Crippen LogP contribution in [-0.4, -0.2) is 17.2 Å². The summed E-state index contributed by atoms with van der Waals surface area (Å²) in [6.07, 6.45) is 4.98. The molecule has 0 saturated heterocycles. The zero-order valence-electron chi connectivity index (χ0n) is 18.1. The Balaban J connectivity index is 1.47. The molecule has 2 aliphatic rings. The van der Waals surface area contributed by atoms with Crippen molar-refractivity contribution in [2.24, 2.45) is 11.3 Å². The number of hydrogen-bond acceptors (Lipinski definition) is 4. The van der Waals surface area contributed by atoms with E-state index in [1.54, 1.807) is 12.1 Å². The highest BCUT2D eigenvalue weighted by atomic mass is 16.7. The van der Waals surface area contributed by atoms with Gasteiger partial charge in [-0.15, -0.1) is 0 Å². The third-order valence-electron chi connectivity index (χ3n) is 6.50. The van der Waals surface area contributed by atoms with Crippen molar-refractivity contribution in [1.29, 1.82) is 0 Å². The lowest BCUT2D eigenvalue weighted by Crippen LogP contribution is -2.35. The Hall–Kier alpha value is -3.02. The summed E-state index contributed by atoms with van der Waals surface area (Å²) in [5.41, 5.74) is 3.91. The van der Waals surface area contributed by atoms with Crippen LogP contribution in [0.15, 0.2) is 42.5 Å². The molecule has 3 N–H and O–H groups in total. The summed E-state index contributed by atoms with van der Waals surface area (Å²) in [5, 5.41) is 15.5. The van der Waals surface area contributed by atoms with Gasteiger partial charge in [-0.1, -0.05) is 45.2 Å². The first kappa shape index (κ1) is 21.2. The van der Waals surface area contributed by atoms with E-state index in [1.165, 1.54) is 6.42 Å². The van der Waals surface area contributed by atoms with Crippen LogP contribution in [0.5, 0.6) is 5.75 Å². The molecule has 1 aliphatic carbocycles. The highest BCUT2D eigenvalue weighted by molar-refractivity contribution is 5.92. The molecule has 1 amide bonds. The number of carbonyl (C=O) groups is 2. The van der Waals surface area contributed by atoms with E-state index in [9.17, 15) is 9.59 Å². The topological polar surface area (TPSA) is 87.7 Å². The second kappa shape index (κ2) is 8.61. The number of amides is 1. The van der Waals surface area contributed by atoms with Crippen molar-refractivity contribution in [2.45, 2.75) is 58.4 Å². The normalized spacial score (nSPS) is 20.3. The molecule has 2 aromatic carbocycles. The van der Waals surface area contributed by atoms with Gasteiger partial charge >= 0.3 is 6.16 Å². The van der Waals surface area contributed by atoms with E-state index in [0.717, 1.165) is 54.6 Å². The molecule has 1 unspecified atom stereocenters. The van der Waals surface area contributed by atoms with Gasteiger partial charge in [-0.25, -0.2) is 4.79 Å². The van der Waals surface area contributed by atoms with Gasteiger partial charge in [0.2, 0.25) is 5.91 Å². The summed E-state index contributed by atoms with van der Waals surface area (Å²) in [6.45, 7) is 4.38. The Bertz CT molecular complexity index is 962. The zero-order chi connectivity index (χ0) is 22.0. The molecule has 1 heterocycles. The highest BCUT2D eigenvalue weighted by Gasteiger charge is 2.36. The maximum atomic E-state index is 12.5. The second-order valence-electron chi connectivity index (χ2n) is 9.38. The van der Waals surface area contributed by atoms with Crippen LogP contribution in [0, 0.1) is 11.3 Å². The number of hydrogen-bond donors (Lipinski definition) is 3. The zero-order valence-corrected chi connectivity index (χ0v) is 18.1. The van der Waals surface area contributed by atoms with Crippen LogP contribution in [0.1, 0.15) is 63.1 Å². The predicted molar refractivity (Wildman–Crippen MR) is 121 cm³/mol. The fraction of sp³-hybridized carbons (Fsp3) is 0.440. The van der Waals surface area contributed by atoms with Crippen molar-refractivity contribution in [3.8, 4) is 5.75 Å². The highest BCUT2D eigenvalue weighted by Crippen LogP contribution is 2.45. The molecule has 0 spiro atoms. The fourth-order valence-corrected chi connectivity index (χ4v) is 4.87. The van der Waals surface area contributed by atoms with Gasteiger partial charge in [-0.3, -0.25) is 4.79 Å². The van der Waals surface area contributed by atoms with Crippen molar-refractivity contribution in [2.75, 3.05) is 10.6 Å². The van der Waals surface area contributed by atoms with E-state index >= 15 is 0 Å². The minimum absolute atomic E-state index is 0.0920. The van der Waals surface area contributed by atoms with Crippen molar-refractivity contribution in [1.82, 2.24) is 0 Å². The van der Waals surface area contributed by atoms with Gasteiger partial charge in [0.05, 0.1) is 6.04 Å². The number of carboxylic acid groups (broad SMARTS) is 1. The molecule has 0 radical (unpaired) electrons. The molecule has 4 rings (SSSR count). The van der Waals surface area contributed by atoms with Crippen molar-refractivity contribution in [3.63, 3.8) is 0 Å². The number of nitrogens with one attached hydrogen (secondary N) is 2. The molecular formula is C25H30N2O4. The molecule has 1 saturated carbocycles. The number of fused-ring (bicyclic) bond motifs is 1. The predicted octanol–water partition coefficient (Wildman–Crippen LogP) is 6.00. The number of anilines is 2. The van der Waals surface area contributed by atoms with Crippen LogP contribution in [0.25, 0.3) is 0 Å². The summed E-state index contributed by atoms with van der Waals surface area (Å²) in [6, 6.07) is 13.5. The lowest BCUT2D eigenvalue weighted by atomic mass is 9.73. The van der Waals surface area contributed by atoms with E-state index in [2.05, 4.69) is 36.6 Å². The van der Waals surface area contributed by atoms with E-state index in [-0.39, 0.29) is 23.3 Å². The van der Waals surface area contributed by atoms with E-state index in [1.807, 2.05) is 18.2 Å². The fourth-order valence-electron chi connectivity index (χ4n) is 4.87. The standard InChI is InChI=1S/C25H30N2O4/c1-25(2)15-18-14-20(31-24(29)30)12-13-21(18)27-22(25)16-8-10-19(11-9-16)26-23(28)17-6-4-3-5-7-17/h8-14,17,22,27H,3-7,15H2,1-2H3,(H,26,28)(H,29,30). The van der Waals surface area contributed by atoms with E-state index in [0.29, 0.717) is 5.75 Å². The van der Waals surface area contributed by atoms with Gasteiger partial charge in [-0.05, 0) is 66.1 Å². The third-order valence-corrected chi connectivity index (χ3v) is 6.50. The SMILES string of the molecule is CC1(C)Cc2cc(OC(=O)O)ccc2NC1c1ccc(NC(=O)C2CCCCC2)cc1. The molecule has 31 heavy (non-hydrogen) atoms. The molecule has 1 aliphatic heterocycles. The van der Waals surface area contributed by atoms with Crippen LogP contribution < -0.4 is 15.4 Å². The first-order valence-electron chi connectivity index (χ1n) is 11.0. The average Bonchev–Trinajstić information content (AvgIpc) is 2.73. The van der Waals surface area contributed by atoms with Gasteiger partial charge in [0.1, 0.15) is 5.75 Å². The van der Waals surface area contributed by atoms with Gasteiger partial charge < -0.3 is 20.5 Å². The van der Waals surface area contributed by atoms with Crippen LogP contribution in [0.3, 0.4) is 0 Å². The monoisotopic (exact) mass is 422 g/mol. The van der Waals surface area contributed by atoms with Crippen molar-refractivity contribution < 1.29 is 19.4 Å².